The van der Waals surface area contributed by atoms with Crippen LogP contribution in [-0.2, 0) is 30.9 Å². The van der Waals surface area contributed by atoms with E-state index in [1.165, 1.54) is 11.7 Å². The van der Waals surface area contributed by atoms with Gasteiger partial charge in [0.1, 0.15) is 41.8 Å². The van der Waals surface area contributed by atoms with Gasteiger partial charge >= 0.3 is 11.9 Å². The normalized spacial score (nSPS) is 12.4. The van der Waals surface area contributed by atoms with Gasteiger partial charge in [0.2, 0.25) is 0 Å². The fourth-order valence-electron chi connectivity index (χ4n) is 3.25. The first-order chi connectivity index (χ1) is 16.3. The number of carbonyl (C=O) groups is 2. The zero-order chi connectivity index (χ0) is 25.9. The summed E-state index contributed by atoms with van der Waals surface area (Å²) in [4.78, 5) is 25.3. The Hall–Kier alpha value is -2.99. The summed E-state index contributed by atoms with van der Waals surface area (Å²) < 4.78 is 11.0. The molecule has 0 saturated carbocycles. The smallest absolute Gasteiger partial charge is 0.333 e. The molecule has 0 aliphatic carbocycles. The van der Waals surface area contributed by atoms with Crippen LogP contribution in [0.2, 0.25) is 0 Å². The van der Waals surface area contributed by atoms with E-state index < -0.39 is 23.5 Å². The number of rotatable bonds is 8. The van der Waals surface area contributed by atoms with Gasteiger partial charge in [0.15, 0.2) is 0 Å². The monoisotopic (exact) mass is 593 g/mol. The maximum absolute atomic E-state index is 12.5. The van der Waals surface area contributed by atoms with E-state index in [4.69, 9.17) is 9.47 Å². The van der Waals surface area contributed by atoms with Crippen LogP contribution in [0.3, 0.4) is 0 Å². The molecule has 0 bridgehead atoms. The first kappa shape index (κ1) is 26.6. The van der Waals surface area contributed by atoms with Crippen molar-refractivity contribution in [2.45, 2.75) is 45.6 Å². The first-order valence-electron chi connectivity index (χ1n) is 10.9. The molecule has 3 aromatic rings. The number of aromatic hydroxyl groups is 1. The number of aliphatic hydroxyl groups is 1. The number of ether oxygens (including phenoxy) is 2. The average Bonchev–Trinajstić information content (AvgIpc) is 3.19. The Labute approximate surface area is 216 Å². The quantitative estimate of drug-likeness (QED) is 0.231. The van der Waals surface area contributed by atoms with E-state index in [-0.39, 0.29) is 31.0 Å². The second kappa shape index (κ2) is 10.7. The van der Waals surface area contributed by atoms with Crippen molar-refractivity contribution in [3.8, 4) is 11.4 Å². The number of aliphatic hydroxyl groups excluding tert-OH is 1. The Morgan fingerprint density at radius 1 is 1.11 bits per heavy atom. The van der Waals surface area contributed by atoms with Crippen LogP contribution in [0.1, 0.15) is 38.8 Å². The number of fused-ring (bicyclic) bond motifs is 1. The zero-order valence-electron chi connectivity index (χ0n) is 20.0. The van der Waals surface area contributed by atoms with E-state index in [0.717, 1.165) is 3.57 Å². The van der Waals surface area contributed by atoms with Crippen LogP contribution in [0.25, 0.3) is 16.7 Å². The minimum atomic E-state index is -1.16. The van der Waals surface area contributed by atoms with Gasteiger partial charge in [-0.2, -0.15) is 0 Å². The highest BCUT2D eigenvalue weighted by atomic mass is 127. The molecule has 3 rings (SSSR count). The lowest BCUT2D eigenvalue weighted by Gasteiger charge is -2.23. The fraction of sp³-hybridized carbons (Fsp3) is 0.360. The summed E-state index contributed by atoms with van der Waals surface area (Å²) in [5.74, 6) is -1.18. The van der Waals surface area contributed by atoms with Gasteiger partial charge < -0.3 is 19.7 Å². The number of aromatic nitrogens is 3. The molecule has 0 saturated heterocycles. The Morgan fingerprint density at radius 2 is 1.77 bits per heavy atom. The molecule has 0 radical (unpaired) electrons. The third-order valence-corrected chi connectivity index (χ3v) is 5.73. The number of halogens is 1. The van der Waals surface area contributed by atoms with Gasteiger partial charge in [0.05, 0.1) is 6.42 Å². The summed E-state index contributed by atoms with van der Waals surface area (Å²) in [5, 5.41) is 29.9. The van der Waals surface area contributed by atoms with E-state index in [1.54, 1.807) is 12.1 Å². The molecule has 0 aliphatic rings. The second-order valence-electron chi connectivity index (χ2n) is 9.28. The number of hydrogen-bond acceptors (Lipinski definition) is 8. The topological polar surface area (TPSA) is 124 Å². The van der Waals surface area contributed by atoms with Crippen LogP contribution in [0.5, 0.6) is 5.75 Å². The maximum Gasteiger partial charge on any atom is 0.333 e. The lowest BCUT2D eigenvalue weighted by Crippen LogP contribution is -2.26. The highest BCUT2D eigenvalue weighted by Crippen LogP contribution is 2.36. The molecule has 1 unspecified atom stereocenters. The zero-order valence-corrected chi connectivity index (χ0v) is 22.2. The molecule has 0 fully saturated rings. The molecule has 0 spiro atoms. The molecule has 2 aromatic carbocycles. The van der Waals surface area contributed by atoms with E-state index in [1.807, 2.05) is 39.0 Å². The Kier molecular flexibility index (Phi) is 8.16. The third-order valence-electron chi connectivity index (χ3n) is 5.06. The molecule has 186 valence electrons. The van der Waals surface area contributed by atoms with Crippen LogP contribution in [0.4, 0.5) is 0 Å². The average molecular weight is 593 g/mol. The highest BCUT2D eigenvalue weighted by Gasteiger charge is 2.24. The van der Waals surface area contributed by atoms with Crippen molar-refractivity contribution in [2.75, 3.05) is 13.2 Å². The van der Waals surface area contributed by atoms with Crippen LogP contribution in [0.15, 0.2) is 42.5 Å². The SMILES string of the molecule is C=C(C)C(=O)OCC(O)COC(=O)Cc1cc(-n2nc3ccc(I)cc3n2)c(O)c(C(C)(C)C)c1. The minimum absolute atomic E-state index is 0.0272. The Bertz CT molecular complexity index is 1280. The summed E-state index contributed by atoms with van der Waals surface area (Å²) in [7, 11) is 0. The number of phenolic OH excluding ortho intramolecular Hbond substituents is 1. The number of esters is 2. The van der Waals surface area contributed by atoms with Crippen LogP contribution < -0.4 is 0 Å². The Balaban J connectivity index is 1.81. The van der Waals surface area contributed by atoms with Gasteiger partial charge in [-0.15, -0.1) is 15.0 Å². The van der Waals surface area contributed by atoms with Crippen molar-refractivity contribution in [1.29, 1.82) is 0 Å². The summed E-state index contributed by atoms with van der Waals surface area (Å²) >= 11 is 2.19. The summed E-state index contributed by atoms with van der Waals surface area (Å²) in [6.07, 6.45) is -1.26. The third kappa shape index (κ3) is 6.79. The predicted octanol–water partition coefficient (Wildman–Crippen LogP) is 3.59. The van der Waals surface area contributed by atoms with E-state index in [0.29, 0.717) is 27.8 Å². The van der Waals surface area contributed by atoms with E-state index in [9.17, 15) is 19.8 Å². The molecule has 9 nitrogen and oxygen atoms in total. The number of hydrogen-bond donors (Lipinski definition) is 2. The van der Waals surface area contributed by atoms with Gasteiger partial charge in [-0.25, -0.2) is 4.79 Å². The van der Waals surface area contributed by atoms with Crippen LogP contribution >= 0.6 is 22.6 Å². The van der Waals surface area contributed by atoms with Crippen LogP contribution in [-0.4, -0.2) is 56.5 Å². The van der Waals surface area contributed by atoms with Gasteiger partial charge in [-0.05, 0) is 64.8 Å². The Morgan fingerprint density at radius 3 is 2.43 bits per heavy atom. The summed E-state index contributed by atoms with van der Waals surface area (Å²) in [6, 6.07) is 9.05. The van der Waals surface area contributed by atoms with Gasteiger partial charge in [-0.3, -0.25) is 4.79 Å². The summed E-state index contributed by atoms with van der Waals surface area (Å²) in [5.41, 5.74) is 2.70. The number of benzene rings is 2. The molecular formula is C25H28IN3O6. The number of nitrogens with zero attached hydrogens (tertiary/aromatic N) is 3. The number of phenols is 1. The molecule has 0 amide bonds. The maximum atomic E-state index is 12.5. The molecule has 10 heteroatoms. The van der Waals surface area contributed by atoms with Crippen molar-refractivity contribution < 1.29 is 29.3 Å². The van der Waals surface area contributed by atoms with Crippen molar-refractivity contribution in [3.63, 3.8) is 0 Å². The standard InChI is InChI=1S/C25H28IN3O6/c1-14(2)24(33)35-13-17(30)12-34-22(31)10-15-8-18(25(3,4)5)23(32)21(9-15)29-27-19-7-6-16(26)11-20(19)28-29/h6-9,11,17,30,32H,1,10,12-13H2,2-5H3. The largest absolute Gasteiger partial charge is 0.505 e. The molecular weight excluding hydrogens is 565 g/mol. The van der Waals surface area contributed by atoms with Crippen molar-refractivity contribution in [3.05, 3.63) is 57.2 Å². The van der Waals surface area contributed by atoms with Crippen molar-refractivity contribution in [2.24, 2.45) is 0 Å². The second-order valence-corrected chi connectivity index (χ2v) is 10.5. The van der Waals surface area contributed by atoms with Gasteiger partial charge in [0, 0.05) is 14.7 Å². The molecule has 0 aliphatic heterocycles. The van der Waals surface area contributed by atoms with Gasteiger partial charge in [0.25, 0.3) is 0 Å². The fourth-order valence-corrected chi connectivity index (χ4v) is 3.72. The molecule has 2 N–H and O–H groups in total. The highest BCUT2D eigenvalue weighted by molar-refractivity contribution is 14.1. The lowest BCUT2D eigenvalue weighted by atomic mass is 9.84. The lowest BCUT2D eigenvalue weighted by molar-refractivity contribution is -0.149. The van der Waals surface area contributed by atoms with E-state index in [2.05, 4.69) is 39.4 Å². The van der Waals surface area contributed by atoms with Crippen molar-refractivity contribution in [1.82, 2.24) is 15.0 Å². The minimum Gasteiger partial charge on any atom is -0.505 e. The van der Waals surface area contributed by atoms with Crippen molar-refractivity contribution >= 4 is 45.6 Å². The number of carbonyl (C=O) groups excluding carboxylic acids is 2. The first-order valence-corrected chi connectivity index (χ1v) is 12.0. The summed E-state index contributed by atoms with van der Waals surface area (Å²) in [6.45, 7) is 10.2. The molecule has 1 aromatic heterocycles. The van der Waals surface area contributed by atoms with Crippen LogP contribution in [0, 0.1) is 3.57 Å². The molecule has 35 heavy (non-hydrogen) atoms. The van der Waals surface area contributed by atoms with Gasteiger partial charge in [-0.1, -0.05) is 33.4 Å². The molecule has 1 atom stereocenters. The predicted molar refractivity (Wildman–Crippen MR) is 138 cm³/mol. The molecule has 1 heterocycles. The van der Waals surface area contributed by atoms with E-state index >= 15 is 0 Å².